The Bertz CT molecular complexity index is 769. The summed E-state index contributed by atoms with van der Waals surface area (Å²) in [5, 5.41) is 0. The first kappa shape index (κ1) is 15.9. The van der Waals surface area contributed by atoms with Gasteiger partial charge < -0.3 is 9.47 Å². The second kappa shape index (κ2) is 5.72. The number of hydrogen-bond donors (Lipinski definition) is 0. The van der Waals surface area contributed by atoms with Crippen LogP contribution in [0, 0.1) is 30.6 Å². The van der Waals surface area contributed by atoms with Crippen molar-refractivity contribution in [3.63, 3.8) is 0 Å². The van der Waals surface area contributed by atoms with Gasteiger partial charge in [0.15, 0.2) is 6.61 Å². The quantitative estimate of drug-likeness (QED) is 0.475. The number of benzene rings is 1. The number of ether oxygens (including phenoxy) is 2. The predicted octanol–water partition coefficient (Wildman–Crippen LogP) is 1.86. The zero-order valence-corrected chi connectivity index (χ0v) is 14.1. The van der Waals surface area contributed by atoms with Crippen molar-refractivity contribution in [1.29, 1.82) is 0 Å². The molecular formula is C19H19NO5. The average molecular weight is 341 g/mol. The van der Waals surface area contributed by atoms with Crippen molar-refractivity contribution >= 4 is 23.5 Å². The molecule has 1 aromatic rings. The van der Waals surface area contributed by atoms with Crippen molar-refractivity contribution in [2.24, 2.45) is 23.7 Å². The van der Waals surface area contributed by atoms with Crippen LogP contribution < -0.4 is 9.64 Å². The molecule has 2 fully saturated rings. The molecule has 25 heavy (non-hydrogen) atoms. The van der Waals surface area contributed by atoms with Crippen LogP contribution >= 0.6 is 0 Å². The van der Waals surface area contributed by atoms with Crippen LogP contribution in [0.2, 0.25) is 0 Å². The van der Waals surface area contributed by atoms with Gasteiger partial charge in [0, 0.05) is 0 Å². The van der Waals surface area contributed by atoms with Gasteiger partial charge in [-0.3, -0.25) is 9.59 Å². The van der Waals surface area contributed by atoms with Gasteiger partial charge >= 0.3 is 5.97 Å². The SMILES string of the molecule is COC(=O)COc1ccc(N2C(=O)C3C4C=CC(C4)C3C2=O)c(C)c1. The Morgan fingerprint density at radius 1 is 1.16 bits per heavy atom. The smallest absolute Gasteiger partial charge is 0.343 e. The lowest BCUT2D eigenvalue weighted by atomic mass is 9.85. The maximum absolute atomic E-state index is 12.9. The van der Waals surface area contributed by atoms with Crippen LogP contribution in [0.1, 0.15) is 12.0 Å². The molecule has 0 spiro atoms. The minimum Gasteiger partial charge on any atom is -0.482 e. The number of carbonyl (C=O) groups excluding carboxylic acids is 3. The number of amides is 2. The highest BCUT2D eigenvalue weighted by molar-refractivity contribution is 6.23. The van der Waals surface area contributed by atoms with E-state index < -0.39 is 5.97 Å². The predicted molar refractivity (Wildman–Crippen MR) is 88.9 cm³/mol. The largest absolute Gasteiger partial charge is 0.482 e. The average Bonchev–Trinajstić information content (AvgIpc) is 3.28. The summed E-state index contributed by atoms with van der Waals surface area (Å²) in [4.78, 5) is 38.2. The lowest BCUT2D eigenvalue weighted by Crippen LogP contribution is -2.33. The van der Waals surface area contributed by atoms with Crippen molar-refractivity contribution in [2.45, 2.75) is 13.3 Å². The zero-order valence-electron chi connectivity index (χ0n) is 14.1. The van der Waals surface area contributed by atoms with Crippen LogP contribution in [0.5, 0.6) is 5.75 Å². The van der Waals surface area contributed by atoms with Crippen molar-refractivity contribution in [3.8, 4) is 5.75 Å². The van der Waals surface area contributed by atoms with E-state index in [0.29, 0.717) is 11.4 Å². The summed E-state index contributed by atoms with van der Waals surface area (Å²) in [6.07, 6.45) is 5.08. The van der Waals surface area contributed by atoms with Crippen LogP contribution in [0.25, 0.3) is 0 Å². The first-order chi connectivity index (χ1) is 12.0. The molecule has 6 nitrogen and oxygen atoms in total. The number of carbonyl (C=O) groups is 3. The van der Waals surface area contributed by atoms with Crippen LogP contribution in [-0.2, 0) is 19.1 Å². The molecule has 1 aromatic carbocycles. The van der Waals surface area contributed by atoms with E-state index in [0.717, 1.165) is 12.0 Å². The Morgan fingerprint density at radius 2 is 1.80 bits per heavy atom. The summed E-state index contributed by atoms with van der Waals surface area (Å²) < 4.78 is 9.89. The topological polar surface area (TPSA) is 72.9 Å². The third-order valence-corrected chi connectivity index (χ3v) is 5.46. The highest BCUT2D eigenvalue weighted by Gasteiger charge is 2.59. The molecule has 2 amide bonds. The normalized spacial score (nSPS) is 29.3. The van der Waals surface area contributed by atoms with Crippen LogP contribution in [-0.4, -0.2) is 31.5 Å². The number of anilines is 1. The number of methoxy groups -OCH3 is 1. The van der Waals surface area contributed by atoms with Gasteiger partial charge in [-0.25, -0.2) is 9.69 Å². The summed E-state index contributed by atoms with van der Waals surface area (Å²) >= 11 is 0. The molecule has 1 heterocycles. The molecule has 6 heteroatoms. The number of imide groups is 1. The van der Waals surface area contributed by atoms with Gasteiger partial charge in [0.1, 0.15) is 5.75 Å². The molecule has 130 valence electrons. The van der Waals surface area contributed by atoms with Crippen LogP contribution in [0.3, 0.4) is 0 Å². The maximum atomic E-state index is 12.9. The summed E-state index contributed by atoms with van der Waals surface area (Å²) in [5.74, 6) is -0.209. The molecule has 2 aliphatic carbocycles. The van der Waals surface area contributed by atoms with E-state index in [4.69, 9.17) is 4.74 Å². The molecule has 1 saturated carbocycles. The van der Waals surface area contributed by atoms with Crippen molar-refractivity contribution in [2.75, 3.05) is 18.6 Å². The van der Waals surface area contributed by atoms with E-state index in [9.17, 15) is 14.4 Å². The Balaban J connectivity index is 1.57. The van der Waals surface area contributed by atoms with Crippen molar-refractivity contribution in [1.82, 2.24) is 0 Å². The molecule has 4 rings (SSSR count). The molecule has 2 bridgehead atoms. The van der Waals surface area contributed by atoms with Crippen LogP contribution in [0.15, 0.2) is 30.4 Å². The number of allylic oxidation sites excluding steroid dienone is 2. The molecule has 4 atom stereocenters. The van der Waals surface area contributed by atoms with E-state index in [-0.39, 0.29) is 42.1 Å². The Kier molecular flexibility index (Phi) is 3.63. The van der Waals surface area contributed by atoms with Gasteiger partial charge in [-0.1, -0.05) is 12.2 Å². The molecular weight excluding hydrogens is 322 g/mol. The number of hydrogen-bond acceptors (Lipinski definition) is 5. The first-order valence-corrected chi connectivity index (χ1v) is 8.37. The summed E-state index contributed by atoms with van der Waals surface area (Å²) in [6.45, 7) is 1.64. The number of esters is 1. The monoisotopic (exact) mass is 341 g/mol. The highest BCUT2D eigenvalue weighted by Crippen LogP contribution is 2.53. The zero-order chi connectivity index (χ0) is 17.7. The van der Waals surface area contributed by atoms with E-state index in [2.05, 4.69) is 16.9 Å². The summed E-state index contributed by atoms with van der Waals surface area (Å²) in [5.41, 5.74) is 1.35. The molecule has 0 radical (unpaired) electrons. The van der Waals surface area contributed by atoms with Gasteiger partial charge in [-0.05, 0) is 48.9 Å². The van der Waals surface area contributed by atoms with Gasteiger partial charge in [0.25, 0.3) is 0 Å². The lowest BCUT2D eigenvalue weighted by Gasteiger charge is -2.20. The lowest BCUT2D eigenvalue weighted by molar-refractivity contribution is -0.143. The number of fused-ring (bicyclic) bond motifs is 5. The molecule has 4 unspecified atom stereocenters. The second-order valence-corrected chi connectivity index (χ2v) is 6.82. The fourth-order valence-electron chi connectivity index (χ4n) is 4.31. The van der Waals surface area contributed by atoms with Gasteiger partial charge in [-0.15, -0.1) is 0 Å². The summed E-state index contributed by atoms with van der Waals surface area (Å²) in [6, 6.07) is 5.08. The Labute approximate surface area is 145 Å². The number of nitrogens with zero attached hydrogens (tertiary/aromatic N) is 1. The van der Waals surface area contributed by atoms with Crippen molar-refractivity contribution < 1.29 is 23.9 Å². The van der Waals surface area contributed by atoms with Gasteiger partial charge in [0.05, 0.1) is 24.6 Å². The molecule has 1 aliphatic heterocycles. The van der Waals surface area contributed by atoms with Gasteiger partial charge in [-0.2, -0.15) is 0 Å². The molecule has 0 aromatic heterocycles. The first-order valence-electron chi connectivity index (χ1n) is 8.37. The number of rotatable bonds is 4. The van der Waals surface area contributed by atoms with Crippen molar-refractivity contribution in [3.05, 3.63) is 35.9 Å². The summed E-state index contributed by atoms with van der Waals surface area (Å²) in [7, 11) is 1.30. The van der Waals surface area contributed by atoms with E-state index >= 15 is 0 Å². The standard InChI is InChI=1S/C19H19NO5/c1-10-7-13(25-9-15(21)24-2)5-6-14(10)20-18(22)16-11-3-4-12(8-11)17(16)19(20)23/h3-7,11-12,16-17H,8-9H2,1-2H3. The molecule has 1 saturated heterocycles. The Hall–Kier alpha value is -2.63. The fraction of sp³-hybridized carbons (Fsp3) is 0.421. The number of aryl methyl sites for hydroxylation is 1. The van der Waals surface area contributed by atoms with E-state index in [1.165, 1.54) is 12.0 Å². The third kappa shape index (κ3) is 2.35. The molecule has 3 aliphatic rings. The van der Waals surface area contributed by atoms with E-state index in [1.807, 2.05) is 6.92 Å². The van der Waals surface area contributed by atoms with Gasteiger partial charge in [0.2, 0.25) is 11.8 Å². The Morgan fingerprint density at radius 3 is 2.36 bits per heavy atom. The van der Waals surface area contributed by atoms with Crippen LogP contribution in [0.4, 0.5) is 5.69 Å². The second-order valence-electron chi connectivity index (χ2n) is 6.82. The van der Waals surface area contributed by atoms with E-state index in [1.54, 1.807) is 18.2 Å². The minimum atomic E-state index is -0.470. The maximum Gasteiger partial charge on any atom is 0.343 e. The molecule has 0 N–H and O–H groups in total. The highest BCUT2D eigenvalue weighted by atomic mass is 16.6. The minimum absolute atomic E-state index is 0.0989. The third-order valence-electron chi connectivity index (χ3n) is 5.46. The fourth-order valence-corrected chi connectivity index (χ4v) is 4.31.